The van der Waals surface area contributed by atoms with Crippen molar-refractivity contribution in [3.8, 4) is 0 Å². The molecule has 1 aromatic rings. The highest BCUT2D eigenvalue weighted by Gasteiger charge is 2.50. The smallest absolute Gasteiger partial charge is 0.236 e. The lowest BCUT2D eigenvalue weighted by Gasteiger charge is -2.53. The first-order valence-corrected chi connectivity index (χ1v) is 6.71. The van der Waals surface area contributed by atoms with E-state index >= 15 is 0 Å². The standard InChI is InChI=1S/C12H14BrFN2O2/c1-8-12(6-17-7-12)18-3-2-16(8)10-4-9(13)5-15-11(10)14/h4-5,8H,2-3,6-7H2,1H3/t8-/m0/s1. The molecule has 1 atom stereocenters. The second-order valence-electron chi connectivity index (χ2n) is 4.74. The molecule has 2 aliphatic heterocycles. The molecule has 0 saturated carbocycles. The van der Waals surface area contributed by atoms with Gasteiger partial charge in [-0.15, -0.1) is 0 Å². The zero-order valence-electron chi connectivity index (χ0n) is 10.0. The minimum absolute atomic E-state index is 0.0746. The quantitative estimate of drug-likeness (QED) is 0.742. The second kappa shape index (κ2) is 4.43. The van der Waals surface area contributed by atoms with E-state index in [1.165, 1.54) is 6.20 Å². The molecule has 0 unspecified atom stereocenters. The van der Waals surface area contributed by atoms with Crippen LogP contribution in [0.2, 0.25) is 0 Å². The zero-order chi connectivity index (χ0) is 12.8. The molecule has 0 bridgehead atoms. The van der Waals surface area contributed by atoms with Crippen LogP contribution < -0.4 is 4.90 Å². The van der Waals surface area contributed by atoms with Crippen LogP contribution in [0.25, 0.3) is 0 Å². The largest absolute Gasteiger partial charge is 0.375 e. The van der Waals surface area contributed by atoms with Crippen LogP contribution in [0.3, 0.4) is 0 Å². The van der Waals surface area contributed by atoms with E-state index in [0.717, 1.165) is 4.47 Å². The molecule has 2 fully saturated rings. The molecular formula is C12H14BrFN2O2. The maximum Gasteiger partial charge on any atom is 0.236 e. The van der Waals surface area contributed by atoms with Gasteiger partial charge in [0.2, 0.25) is 5.95 Å². The van der Waals surface area contributed by atoms with Gasteiger partial charge in [0, 0.05) is 17.2 Å². The fourth-order valence-electron chi connectivity index (χ4n) is 2.52. The highest BCUT2D eigenvalue weighted by Crippen LogP contribution is 2.36. The topological polar surface area (TPSA) is 34.6 Å². The van der Waals surface area contributed by atoms with Crippen LogP contribution >= 0.6 is 15.9 Å². The predicted molar refractivity (Wildman–Crippen MR) is 68.2 cm³/mol. The average molecular weight is 317 g/mol. The lowest BCUT2D eigenvalue weighted by molar-refractivity contribution is -0.228. The normalized spacial score (nSPS) is 26.2. The highest BCUT2D eigenvalue weighted by atomic mass is 79.9. The van der Waals surface area contributed by atoms with Crippen molar-refractivity contribution in [2.24, 2.45) is 0 Å². The minimum atomic E-state index is -0.442. The molecule has 3 heterocycles. The molecular weight excluding hydrogens is 303 g/mol. The van der Waals surface area contributed by atoms with Gasteiger partial charge in [-0.2, -0.15) is 4.39 Å². The summed E-state index contributed by atoms with van der Waals surface area (Å²) < 4.78 is 25.7. The molecule has 18 heavy (non-hydrogen) atoms. The maximum atomic E-state index is 13.9. The van der Waals surface area contributed by atoms with Crippen molar-refractivity contribution in [1.29, 1.82) is 0 Å². The summed E-state index contributed by atoms with van der Waals surface area (Å²) in [5.74, 6) is -0.442. The van der Waals surface area contributed by atoms with E-state index < -0.39 is 5.95 Å². The van der Waals surface area contributed by atoms with Crippen LogP contribution in [0, 0.1) is 5.95 Å². The molecule has 2 saturated heterocycles. The van der Waals surface area contributed by atoms with Gasteiger partial charge in [0.1, 0.15) is 5.60 Å². The van der Waals surface area contributed by atoms with Crippen LogP contribution in [-0.2, 0) is 9.47 Å². The number of halogens is 2. The van der Waals surface area contributed by atoms with Gasteiger partial charge < -0.3 is 14.4 Å². The molecule has 0 N–H and O–H groups in total. The molecule has 6 heteroatoms. The van der Waals surface area contributed by atoms with Crippen molar-refractivity contribution in [2.45, 2.75) is 18.6 Å². The Morgan fingerprint density at radius 1 is 1.56 bits per heavy atom. The van der Waals surface area contributed by atoms with E-state index in [1.807, 2.05) is 11.8 Å². The van der Waals surface area contributed by atoms with Crippen LogP contribution in [-0.4, -0.2) is 43.0 Å². The Hall–Kier alpha value is -0.720. The number of pyridine rings is 1. The van der Waals surface area contributed by atoms with Crippen molar-refractivity contribution in [3.05, 3.63) is 22.7 Å². The lowest BCUT2D eigenvalue weighted by Crippen LogP contribution is -2.68. The summed E-state index contributed by atoms with van der Waals surface area (Å²) in [6.07, 6.45) is 1.46. The van der Waals surface area contributed by atoms with Crippen molar-refractivity contribution in [1.82, 2.24) is 4.98 Å². The van der Waals surface area contributed by atoms with Gasteiger partial charge in [0.05, 0.1) is 31.5 Å². The van der Waals surface area contributed by atoms with Crippen LogP contribution in [0.4, 0.5) is 10.1 Å². The Morgan fingerprint density at radius 3 is 3.00 bits per heavy atom. The van der Waals surface area contributed by atoms with E-state index in [2.05, 4.69) is 20.9 Å². The summed E-state index contributed by atoms with van der Waals surface area (Å²) in [4.78, 5) is 5.77. The van der Waals surface area contributed by atoms with Crippen LogP contribution in [0.1, 0.15) is 6.92 Å². The summed E-state index contributed by atoms with van der Waals surface area (Å²) in [5.41, 5.74) is 0.235. The lowest BCUT2D eigenvalue weighted by atomic mass is 9.90. The molecule has 4 nitrogen and oxygen atoms in total. The monoisotopic (exact) mass is 316 g/mol. The number of anilines is 1. The van der Waals surface area contributed by atoms with Crippen molar-refractivity contribution >= 4 is 21.6 Å². The van der Waals surface area contributed by atoms with Gasteiger partial charge in [0.15, 0.2) is 0 Å². The second-order valence-corrected chi connectivity index (χ2v) is 5.65. The van der Waals surface area contributed by atoms with Gasteiger partial charge in [0.25, 0.3) is 0 Å². The van der Waals surface area contributed by atoms with Crippen molar-refractivity contribution in [2.75, 3.05) is 31.3 Å². The van der Waals surface area contributed by atoms with Crippen molar-refractivity contribution in [3.63, 3.8) is 0 Å². The molecule has 1 spiro atoms. The minimum Gasteiger partial charge on any atom is -0.375 e. The first kappa shape index (κ1) is 12.3. The third kappa shape index (κ3) is 1.83. The van der Waals surface area contributed by atoms with Crippen molar-refractivity contribution < 1.29 is 13.9 Å². The van der Waals surface area contributed by atoms with Gasteiger partial charge in [-0.3, -0.25) is 0 Å². The molecule has 0 aliphatic carbocycles. The summed E-state index contributed by atoms with van der Waals surface area (Å²) in [5, 5.41) is 0. The SMILES string of the molecule is C[C@@H]1N(c2cc(Br)cnc2F)CCOC12COC2. The van der Waals surface area contributed by atoms with Gasteiger partial charge >= 0.3 is 0 Å². The molecule has 98 valence electrons. The van der Waals surface area contributed by atoms with Gasteiger partial charge in [-0.05, 0) is 28.9 Å². The van der Waals surface area contributed by atoms with Crippen LogP contribution in [0.5, 0.6) is 0 Å². The predicted octanol–water partition coefficient (Wildman–Crippen LogP) is 1.98. The molecule has 0 amide bonds. The fourth-order valence-corrected chi connectivity index (χ4v) is 2.83. The zero-order valence-corrected chi connectivity index (χ0v) is 11.6. The molecule has 0 aromatic carbocycles. The average Bonchev–Trinajstić information content (AvgIpc) is 2.31. The Labute approximate surface area is 113 Å². The Balaban J connectivity index is 1.93. The van der Waals surface area contributed by atoms with E-state index in [4.69, 9.17) is 9.47 Å². The maximum absolute atomic E-state index is 13.9. The Morgan fingerprint density at radius 2 is 2.33 bits per heavy atom. The van der Waals surface area contributed by atoms with E-state index in [0.29, 0.717) is 32.1 Å². The van der Waals surface area contributed by atoms with Crippen LogP contribution in [0.15, 0.2) is 16.7 Å². The highest BCUT2D eigenvalue weighted by molar-refractivity contribution is 9.10. The van der Waals surface area contributed by atoms with Gasteiger partial charge in [-0.1, -0.05) is 0 Å². The third-order valence-corrected chi connectivity index (χ3v) is 4.17. The number of ether oxygens (including phenoxy) is 2. The molecule has 1 aromatic heterocycles. The summed E-state index contributed by atoms with van der Waals surface area (Å²) in [7, 11) is 0. The van der Waals surface area contributed by atoms with E-state index in [9.17, 15) is 4.39 Å². The molecule has 3 rings (SSSR count). The number of morpholine rings is 1. The summed E-state index contributed by atoms with van der Waals surface area (Å²) in [6.45, 7) is 4.45. The summed E-state index contributed by atoms with van der Waals surface area (Å²) in [6, 6.07) is 1.84. The first-order valence-electron chi connectivity index (χ1n) is 5.92. The molecule has 0 radical (unpaired) electrons. The first-order chi connectivity index (χ1) is 8.62. The number of aromatic nitrogens is 1. The Kier molecular flexibility index (Phi) is 3.03. The van der Waals surface area contributed by atoms with E-state index in [1.54, 1.807) is 6.07 Å². The molecule has 2 aliphatic rings. The summed E-state index contributed by atoms with van der Waals surface area (Å²) >= 11 is 3.33. The van der Waals surface area contributed by atoms with Gasteiger partial charge in [-0.25, -0.2) is 4.98 Å². The number of hydrogen-bond donors (Lipinski definition) is 0. The number of hydrogen-bond acceptors (Lipinski definition) is 4. The Bertz CT molecular complexity index is 467. The third-order valence-electron chi connectivity index (χ3n) is 3.74. The number of nitrogens with zero attached hydrogens (tertiary/aromatic N) is 2. The number of rotatable bonds is 1. The van der Waals surface area contributed by atoms with E-state index in [-0.39, 0.29) is 11.6 Å². The fraction of sp³-hybridized carbons (Fsp3) is 0.583.